The highest BCUT2D eigenvalue weighted by Crippen LogP contribution is 2.36. The first-order chi connectivity index (χ1) is 13.2. The van der Waals surface area contributed by atoms with E-state index in [0.29, 0.717) is 19.2 Å². The first kappa shape index (κ1) is 21.0. The van der Waals surface area contributed by atoms with Crippen molar-refractivity contribution in [1.29, 1.82) is 5.26 Å². The molecule has 1 aromatic carbocycles. The molecule has 1 heterocycles. The fourth-order valence-corrected chi connectivity index (χ4v) is 2.72. The van der Waals surface area contributed by atoms with Crippen molar-refractivity contribution in [2.75, 3.05) is 37.7 Å². The number of hydrogen-bond acceptors (Lipinski definition) is 7. The molecule has 0 unspecified atom stereocenters. The van der Waals surface area contributed by atoms with Crippen LogP contribution in [0.15, 0.2) is 30.0 Å². The predicted octanol–water partition coefficient (Wildman–Crippen LogP) is 2.71. The fourth-order valence-electron chi connectivity index (χ4n) is 2.72. The van der Waals surface area contributed by atoms with E-state index in [0.717, 1.165) is 12.1 Å². The van der Waals surface area contributed by atoms with E-state index in [9.17, 15) is 28.1 Å². The maximum atomic E-state index is 12.8. The topological polar surface area (TPSA) is 99.7 Å². The third kappa shape index (κ3) is 4.91. The van der Waals surface area contributed by atoms with E-state index in [1.807, 2.05) is 0 Å². The number of alkyl halides is 3. The lowest BCUT2D eigenvalue weighted by Gasteiger charge is -2.35. The SMILES string of the molecule is CCOC(=O)/C(C#N)=C/N1CCN(c2ccc(C(F)(F)F)cc2[N+](=O)[O-])CC1. The van der Waals surface area contributed by atoms with E-state index in [4.69, 9.17) is 10.00 Å². The summed E-state index contributed by atoms with van der Waals surface area (Å²) in [5.41, 5.74) is -1.79. The number of nitrogens with zero attached hydrogens (tertiary/aromatic N) is 4. The zero-order valence-corrected chi connectivity index (χ0v) is 14.9. The number of nitro groups is 1. The monoisotopic (exact) mass is 398 g/mol. The van der Waals surface area contributed by atoms with Crippen LogP contribution in [-0.2, 0) is 15.7 Å². The highest BCUT2D eigenvalue weighted by molar-refractivity contribution is 5.92. The summed E-state index contributed by atoms with van der Waals surface area (Å²) in [5.74, 6) is -0.745. The van der Waals surface area contributed by atoms with E-state index >= 15 is 0 Å². The molecule has 0 N–H and O–H groups in total. The molecule has 28 heavy (non-hydrogen) atoms. The Labute approximate surface area is 158 Å². The Bertz CT molecular complexity index is 825. The minimum absolute atomic E-state index is 0.0903. The second-order valence-corrected chi connectivity index (χ2v) is 5.86. The summed E-state index contributed by atoms with van der Waals surface area (Å²) >= 11 is 0. The van der Waals surface area contributed by atoms with Gasteiger partial charge in [-0.05, 0) is 19.1 Å². The van der Waals surface area contributed by atoms with E-state index in [2.05, 4.69) is 0 Å². The van der Waals surface area contributed by atoms with Crippen molar-refractivity contribution in [2.24, 2.45) is 0 Å². The summed E-state index contributed by atoms with van der Waals surface area (Å²) in [6.07, 6.45) is -3.32. The molecule has 0 amide bonds. The second-order valence-electron chi connectivity index (χ2n) is 5.86. The first-order valence-electron chi connectivity index (χ1n) is 8.31. The van der Waals surface area contributed by atoms with Gasteiger partial charge in [0.05, 0.1) is 17.1 Å². The lowest BCUT2D eigenvalue weighted by Crippen LogP contribution is -2.44. The Morgan fingerprint density at radius 3 is 2.50 bits per heavy atom. The molecule has 1 fully saturated rings. The van der Waals surface area contributed by atoms with Crippen molar-refractivity contribution < 1.29 is 27.6 Å². The molecular weight excluding hydrogens is 381 g/mol. The fraction of sp³-hybridized carbons (Fsp3) is 0.412. The molecule has 1 aromatic rings. The van der Waals surface area contributed by atoms with Gasteiger partial charge < -0.3 is 14.5 Å². The minimum Gasteiger partial charge on any atom is -0.462 e. The van der Waals surface area contributed by atoms with Crippen molar-refractivity contribution in [2.45, 2.75) is 13.1 Å². The number of carbonyl (C=O) groups excluding carboxylic acids is 1. The molecule has 0 radical (unpaired) electrons. The second kappa shape index (κ2) is 8.60. The Kier molecular flexibility index (Phi) is 6.45. The molecule has 0 aliphatic carbocycles. The Hall–Kier alpha value is -3.29. The largest absolute Gasteiger partial charge is 0.462 e. The van der Waals surface area contributed by atoms with Crippen LogP contribution in [0.4, 0.5) is 24.5 Å². The number of esters is 1. The Morgan fingerprint density at radius 1 is 1.36 bits per heavy atom. The summed E-state index contributed by atoms with van der Waals surface area (Å²) in [6.45, 7) is 2.92. The number of rotatable bonds is 5. The summed E-state index contributed by atoms with van der Waals surface area (Å²) in [5, 5.41) is 20.3. The number of ether oxygens (including phenoxy) is 1. The maximum absolute atomic E-state index is 12.8. The van der Waals surface area contributed by atoms with Gasteiger partial charge in [0.1, 0.15) is 11.8 Å². The molecule has 0 atom stereocenters. The number of anilines is 1. The van der Waals surface area contributed by atoms with Crippen LogP contribution in [0, 0.1) is 21.4 Å². The van der Waals surface area contributed by atoms with Crippen LogP contribution in [0.3, 0.4) is 0 Å². The number of piperazine rings is 1. The van der Waals surface area contributed by atoms with Crippen LogP contribution in [0.1, 0.15) is 12.5 Å². The molecule has 0 spiro atoms. The number of nitriles is 1. The van der Waals surface area contributed by atoms with Crippen LogP contribution >= 0.6 is 0 Å². The predicted molar refractivity (Wildman–Crippen MR) is 92.2 cm³/mol. The number of nitro benzene ring substituents is 1. The zero-order chi connectivity index (χ0) is 20.9. The number of carbonyl (C=O) groups is 1. The highest BCUT2D eigenvalue weighted by atomic mass is 19.4. The van der Waals surface area contributed by atoms with Gasteiger partial charge in [-0.2, -0.15) is 18.4 Å². The number of benzene rings is 1. The van der Waals surface area contributed by atoms with Crippen LogP contribution in [0.25, 0.3) is 0 Å². The summed E-state index contributed by atoms with van der Waals surface area (Å²) in [4.78, 5) is 25.3. The van der Waals surface area contributed by atoms with Gasteiger partial charge in [0.25, 0.3) is 5.69 Å². The smallest absolute Gasteiger partial charge is 0.416 e. The van der Waals surface area contributed by atoms with Crippen molar-refractivity contribution in [1.82, 2.24) is 4.90 Å². The normalized spacial score (nSPS) is 15.2. The molecule has 0 aromatic heterocycles. The van der Waals surface area contributed by atoms with Crippen molar-refractivity contribution in [3.8, 4) is 6.07 Å². The molecule has 1 saturated heterocycles. The van der Waals surface area contributed by atoms with Gasteiger partial charge in [0.2, 0.25) is 0 Å². The summed E-state index contributed by atoms with van der Waals surface area (Å²) < 4.78 is 43.2. The van der Waals surface area contributed by atoms with Gasteiger partial charge in [0.15, 0.2) is 5.57 Å². The van der Waals surface area contributed by atoms with E-state index < -0.39 is 28.3 Å². The quantitative estimate of drug-likeness (QED) is 0.247. The van der Waals surface area contributed by atoms with E-state index in [1.54, 1.807) is 22.8 Å². The van der Waals surface area contributed by atoms with E-state index in [1.165, 1.54) is 6.20 Å². The van der Waals surface area contributed by atoms with Gasteiger partial charge >= 0.3 is 12.1 Å². The molecule has 0 saturated carbocycles. The lowest BCUT2D eigenvalue weighted by molar-refractivity contribution is -0.384. The molecule has 1 aliphatic heterocycles. The van der Waals surface area contributed by atoms with Gasteiger partial charge in [0, 0.05) is 38.4 Å². The molecule has 150 valence electrons. The number of halogens is 3. The molecule has 1 aliphatic rings. The van der Waals surface area contributed by atoms with Crippen LogP contribution < -0.4 is 4.90 Å². The Morgan fingerprint density at radius 2 is 2.00 bits per heavy atom. The first-order valence-corrected chi connectivity index (χ1v) is 8.31. The summed E-state index contributed by atoms with van der Waals surface area (Å²) in [7, 11) is 0. The highest BCUT2D eigenvalue weighted by Gasteiger charge is 2.34. The molecule has 8 nitrogen and oxygen atoms in total. The van der Waals surface area contributed by atoms with Crippen molar-refractivity contribution in [3.05, 3.63) is 45.6 Å². The van der Waals surface area contributed by atoms with Gasteiger partial charge in [-0.25, -0.2) is 4.79 Å². The van der Waals surface area contributed by atoms with Crippen LogP contribution in [-0.4, -0.2) is 48.6 Å². The van der Waals surface area contributed by atoms with Crippen LogP contribution in [0.5, 0.6) is 0 Å². The van der Waals surface area contributed by atoms with Crippen molar-refractivity contribution >= 4 is 17.3 Å². The van der Waals surface area contributed by atoms with E-state index in [-0.39, 0.29) is 31.0 Å². The van der Waals surface area contributed by atoms with Crippen molar-refractivity contribution in [3.63, 3.8) is 0 Å². The zero-order valence-electron chi connectivity index (χ0n) is 14.9. The average Bonchev–Trinajstić information content (AvgIpc) is 2.65. The molecular formula is C17H17F3N4O4. The third-order valence-electron chi connectivity index (χ3n) is 4.08. The van der Waals surface area contributed by atoms with Crippen LogP contribution in [0.2, 0.25) is 0 Å². The molecule has 11 heteroatoms. The third-order valence-corrected chi connectivity index (χ3v) is 4.08. The van der Waals surface area contributed by atoms with Gasteiger partial charge in [-0.15, -0.1) is 0 Å². The number of hydrogen-bond donors (Lipinski definition) is 0. The van der Waals surface area contributed by atoms with Gasteiger partial charge in [-0.3, -0.25) is 10.1 Å². The lowest BCUT2D eigenvalue weighted by atomic mass is 10.1. The average molecular weight is 398 g/mol. The maximum Gasteiger partial charge on any atom is 0.416 e. The summed E-state index contributed by atoms with van der Waals surface area (Å²) in [6, 6.07) is 4.18. The Balaban J connectivity index is 2.16. The molecule has 2 rings (SSSR count). The van der Waals surface area contributed by atoms with Gasteiger partial charge in [-0.1, -0.05) is 0 Å². The minimum atomic E-state index is -4.67. The standard InChI is InChI=1S/C17H17F3N4O4/c1-2-28-16(25)12(10-21)11-22-5-7-23(8-6-22)14-4-3-13(17(18,19)20)9-15(14)24(26)27/h3-4,9,11H,2,5-8H2,1H3/b12-11+. The molecule has 0 bridgehead atoms.